The molecule has 1 aliphatic heterocycles. The molecule has 21 heavy (non-hydrogen) atoms. The van der Waals surface area contributed by atoms with Gasteiger partial charge in [0.2, 0.25) is 5.91 Å². The number of amides is 1. The van der Waals surface area contributed by atoms with E-state index in [1.54, 1.807) is 6.26 Å². The first kappa shape index (κ1) is 14.1. The average molecular weight is 286 g/mol. The fourth-order valence-electron chi connectivity index (χ4n) is 2.90. The molecule has 112 valence electrons. The summed E-state index contributed by atoms with van der Waals surface area (Å²) in [5.74, 6) is 0.194. The van der Waals surface area contributed by atoms with Gasteiger partial charge in [-0.25, -0.2) is 0 Å². The van der Waals surface area contributed by atoms with Crippen molar-refractivity contribution in [1.29, 1.82) is 0 Å². The third-order valence-corrected chi connectivity index (χ3v) is 4.38. The van der Waals surface area contributed by atoms with Crippen LogP contribution in [0, 0.1) is 13.8 Å². The molecule has 4 nitrogen and oxygen atoms in total. The number of carbonyl (C=O) groups excluding carboxylic acids is 1. The van der Waals surface area contributed by atoms with Crippen molar-refractivity contribution in [2.24, 2.45) is 0 Å². The molecule has 1 aromatic carbocycles. The number of fused-ring (bicyclic) bond motifs is 1. The zero-order valence-electron chi connectivity index (χ0n) is 12.7. The van der Waals surface area contributed by atoms with Gasteiger partial charge in [-0.05, 0) is 37.9 Å². The largest absolute Gasteiger partial charge is 0.464 e. The second-order valence-corrected chi connectivity index (χ2v) is 5.81. The van der Waals surface area contributed by atoms with Crippen LogP contribution < -0.4 is 5.32 Å². The van der Waals surface area contributed by atoms with Gasteiger partial charge in [0, 0.05) is 30.6 Å². The van der Waals surface area contributed by atoms with Crippen molar-refractivity contribution in [1.82, 2.24) is 10.2 Å². The van der Waals surface area contributed by atoms with Crippen LogP contribution in [-0.4, -0.2) is 37.0 Å². The van der Waals surface area contributed by atoms with Gasteiger partial charge in [0.05, 0.1) is 12.7 Å². The Hall–Kier alpha value is -1.81. The molecule has 0 radical (unpaired) electrons. The summed E-state index contributed by atoms with van der Waals surface area (Å²) in [6, 6.07) is 4.16. The van der Waals surface area contributed by atoms with Crippen LogP contribution in [0.3, 0.4) is 0 Å². The molecule has 1 aliphatic rings. The topological polar surface area (TPSA) is 45.5 Å². The van der Waals surface area contributed by atoms with Gasteiger partial charge in [0.25, 0.3) is 0 Å². The summed E-state index contributed by atoms with van der Waals surface area (Å²) in [5.41, 5.74) is 4.28. The number of hydrogen-bond donors (Lipinski definition) is 1. The highest BCUT2D eigenvalue weighted by Gasteiger charge is 2.18. The van der Waals surface area contributed by atoms with Gasteiger partial charge in [-0.15, -0.1) is 0 Å². The number of nitrogens with zero attached hydrogens (tertiary/aromatic N) is 1. The maximum atomic E-state index is 12.5. The Labute approximate surface area is 125 Å². The molecule has 1 aromatic heterocycles. The van der Waals surface area contributed by atoms with Gasteiger partial charge < -0.3 is 14.6 Å². The fraction of sp³-hybridized carbons (Fsp3) is 0.471. The number of hydrogen-bond acceptors (Lipinski definition) is 3. The molecule has 1 saturated heterocycles. The van der Waals surface area contributed by atoms with Crippen molar-refractivity contribution < 1.29 is 9.21 Å². The molecule has 1 fully saturated rings. The van der Waals surface area contributed by atoms with E-state index in [9.17, 15) is 4.79 Å². The average Bonchev–Trinajstić information content (AvgIpc) is 2.71. The first-order chi connectivity index (χ1) is 10.2. The Morgan fingerprint density at radius 3 is 3.00 bits per heavy atom. The summed E-state index contributed by atoms with van der Waals surface area (Å²) in [4.78, 5) is 14.4. The summed E-state index contributed by atoms with van der Waals surface area (Å²) in [5, 5.41) is 4.39. The minimum atomic E-state index is 0.194. The lowest BCUT2D eigenvalue weighted by atomic mass is 10.0. The van der Waals surface area contributed by atoms with Crippen molar-refractivity contribution in [3.05, 3.63) is 35.1 Å². The molecule has 4 heteroatoms. The zero-order chi connectivity index (χ0) is 14.8. The number of aryl methyl sites for hydroxylation is 2. The number of carbonyl (C=O) groups is 1. The van der Waals surface area contributed by atoms with Crippen LogP contribution >= 0.6 is 0 Å². The zero-order valence-corrected chi connectivity index (χ0v) is 12.7. The Kier molecular flexibility index (Phi) is 3.97. The molecule has 0 aliphatic carbocycles. The quantitative estimate of drug-likeness (QED) is 0.922. The lowest BCUT2D eigenvalue weighted by molar-refractivity contribution is -0.130. The number of benzene rings is 1. The summed E-state index contributed by atoms with van der Waals surface area (Å²) in [6.45, 7) is 7.67. The fourth-order valence-corrected chi connectivity index (χ4v) is 2.90. The molecule has 1 amide bonds. The van der Waals surface area contributed by atoms with Crippen LogP contribution in [-0.2, 0) is 11.2 Å². The standard InChI is InChI=1S/C17H22N2O2/c1-12-4-5-15-14(11-21-17(15)13(12)2)10-16(20)19-8-3-6-18-7-9-19/h4-5,11,18H,3,6-10H2,1-2H3. The third kappa shape index (κ3) is 2.81. The number of furan rings is 1. The van der Waals surface area contributed by atoms with Gasteiger partial charge >= 0.3 is 0 Å². The first-order valence-corrected chi connectivity index (χ1v) is 7.61. The van der Waals surface area contributed by atoms with Crippen LogP contribution in [0.15, 0.2) is 22.8 Å². The van der Waals surface area contributed by atoms with E-state index >= 15 is 0 Å². The summed E-state index contributed by atoms with van der Waals surface area (Å²) < 4.78 is 5.69. The highest BCUT2D eigenvalue weighted by atomic mass is 16.3. The van der Waals surface area contributed by atoms with Crippen LogP contribution in [0.25, 0.3) is 11.0 Å². The van der Waals surface area contributed by atoms with E-state index in [1.165, 1.54) is 5.56 Å². The van der Waals surface area contributed by atoms with Crippen molar-refractivity contribution in [3.63, 3.8) is 0 Å². The number of rotatable bonds is 2. The van der Waals surface area contributed by atoms with E-state index in [1.807, 2.05) is 4.90 Å². The van der Waals surface area contributed by atoms with E-state index < -0.39 is 0 Å². The molecule has 0 unspecified atom stereocenters. The molecular weight excluding hydrogens is 264 g/mol. The van der Waals surface area contributed by atoms with Gasteiger partial charge in [-0.2, -0.15) is 0 Å². The molecule has 2 heterocycles. The second kappa shape index (κ2) is 5.90. The normalized spacial score (nSPS) is 16.2. The molecule has 2 aromatic rings. The van der Waals surface area contributed by atoms with Crippen molar-refractivity contribution in [2.45, 2.75) is 26.7 Å². The van der Waals surface area contributed by atoms with E-state index in [0.717, 1.165) is 54.7 Å². The van der Waals surface area contributed by atoms with Crippen molar-refractivity contribution >= 4 is 16.9 Å². The lowest BCUT2D eigenvalue weighted by Gasteiger charge is -2.19. The smallest absolute Gasteiger partial charge is 0.227 e. The van der Waals surface area contributed by atoms with E-state index in [0.29, 0.717) is 6.42 Å². The highest BCUT2D eigenvalue weighted by Crippen LogP contribution is 2.27. The van der Waals surface area contributed by atoms with Gasteiger partial charge in [-0.1, -0.05) is 12.1 Å². The highest BCUT2D eigenvalue weighted by molar-refractivity contribution is 5.89. The molecule has 3 rings (SSSR count). The van der Waals surface area contributed by atoms with Crippen LogP contribution in [0.4, 0.5) is 0 Å². The van der Waals surface area contributed by atoms with Gasteiger partial charge in [0.1, 0.15) is 5.58 Å². The maximum Gasteiger partial charge on any atom is 0.227 e. The lowest BCUT2D eigenvalue weighted by Crippen LogP contribution is -2.35. The van der Waals surface area contributed by atoms with Crippen molar-refractivity contribution in [3.8, 4) is 0 Å². The Morgan fingerprint density at radius 1 is 1.29 bits per heavy atom. The molecule has 0 bridgehead atoms. The molecule has 0 spiro atoms. The Morgan fingerprint density at radius 2 is 2.14 bits per heavy atom. The van der Waals surface area contributed by atoms with Crippen LogP contribution in [0.5, 0.6) is 0 Å². The van der Waals surface area contributed by atoms with E-state index in [4.69, 9.17) is 4.42 Å². The minimum Gasteiger partial charge on any atom is -0.464 e. The summed E-state index contributed by atoms with van der Waals surface area (Å²) in [7, 11) is 0. The SMILES string of the molecule is Cc1ccc2c(CC(=O)N3CCCNCC3)coc2c1C. The van der Waals surface area contributed by atoms with E-state index in [-0.39, 0.29) is 5.91 Å². The maximum absolute atomic E-state index is 12.5. The molecule has 1 N–H and O–H groups in total. The number of nitrogens with one attached hydrogen (secondary N) is 1. The summed E-state index contributed by atoms with van der Waals surface area (Å²) in [6.07, 6.45) is 3.19. The molecule has 0 atom stereocenters. The first-order valence-electron chi connectivity index (χ1n) is 7.61. The van der Waals surface area contributed by atoms with Gasteiger partial charge in [-0.3, -0.25) is 4.79 Å². The van der Waals surface area contributed by atoms with Crippen LogP contribution in [0.1, 0.15) is 23.1 Å². The molecule has 0 saturated carbocycles. The Bertz CT molecular complexity index is 652. The van der Waals surface area contributed by atoms with Gasteiger partial charge in [0.15, 0.2) is 0 Å². The third-order valence-electron chi connectivity index (χ3n) is 4.38. The van der Waals surface area contributed by atoms with Crippen LogP contribution in [0.2, 0.25) is 0 Å². The predicted molar refractivity (Wildman–Crippen MR) is 83.5 cm³/mol. The summed E-state index contributed by atoms with van der Waals surface area (Å²) >= 11 is 0. The Balaban J connectivity index is 1.81. The minimum absolute atomic E-state index is 0.194. The molecular formula is C17H22N2O2. The monoisotopic (exact) mass is 286 g/mol. The van der Waals surface area contributed by atoms with E-state index in [2.05, 4.69) is 31.3 Å². The van der Waals surface area contributed by atoms with Crippen molar-refractivity contribution in [2.75, 3.05) is 26.2 Å². The predicted octanol–water partition coefficient (Wildman–Crippen LogP) is 2.41. The second-order valence-electron chi connectivity index (χ2n) is 5.81.